The monoisotopic (exact) mass is 483 g/mol. The van der Waals surface area contributed by atoms with Crippen molar-refractivity contribution in [2.75, 3.05) is 6.61 Å². The Labute approximate surface area is 205 Å². The predicted octanol–water partition coefficient (Wildman–Crippen LogP) is 4.78. The summed E-state index contributed by atoms with van der Waals surface area (Å²) in [5.74, 6) is -2.02. The van der Waals surface area contributed by atoms with Gasteiger partial charge in [-0.1, -0.05) is 51.2 Å². The Morgan fingerprint density at radius 1 is 0.735 bits per heavy atom. The summed E-state index contributed by atoms with van der Waals surface area (Å²) in [7, 11) is 0. The van der Waals surface area contributed by atoms with Crippen LogP contribution in [0.4, 0.5) is 0 Å². The summed E-state index contributed by atoms with van der Waals surface area (Å²) >= 11 is 0. The minimum atomic E-state index is -0.979. The first-order valence-corrected chi connectivity index (χ1v) is 12.6. The van der Waals surface area contributed by atoms with Gasteiger partial charge in [-0.25, -0.2) is 0 Å². The molecule has 0 spiro atoms. The van der Waals surface area contributed by atoms with E-state index >= 15 is 0 Å². The zero-order valence-corrected chi connectivity index (χ0v) is 21.7. The molecule has 8 nitrogen and oxygen atoms in total. The standard InChI is InChI=1S/C26H45NO7/c1-6-7-8-9-10-11-12-13-14-15-16-17-18-25(33-22(4)30)26(34-23(5)31)24(27-20(2)28)19-32-21(3)29/h13-14,24-26H,6-12,15-19H2,1-5H3,(H,27,28)/b14-13-/t24-,25+,26-/m0/s1. The van der Waals surface area contributed by atoms with Gasteiger partial charge in [0.25, 0.3) is 0 Å². The Morgan fingerprint density at radius 3 is 1.82 bits per heavy atom. The third-order valence-corrected chi connectivity index (χ3v) is 5.24. The summed E-state index contributed by atoms with van der Waals surface area (Å²) in [5, 5.41) is 2.64. The number of rotatable bonds is 19. The molecule has 0 saturated carbocycles. The van der Waals surface area contributed by atoms with E-state index < -0.39 is 36.2 Å². The van der Waals surface area contributed by atoms with Crippen LogP contribution in [0.25, 0.3) is 0 Å². The average molecular weight is 484 g/mol. The molecule has 0 radical (unpaired) electrons. The molecule has 0 unspecified atom stereocenters. The number of unbranched alkanes of at least 4 members (excludes halogenated alkanes) is 8. The first kappa shape index (κ1) is 31.6. The number of carbonyl (C=O) groups is 4. The summed E-state index contributed by atoms with van der Waals surface area (Å²) in [4.78, 5) is 46.5. The Balaban J connectivity index is 4.85. The van der Waals surface area contributed by atoms with E-state index in [-0.39, 0.29) is 12.5 Å². The fraction of sp³-hybridized carbons (Fsp3) is 0.769. The average Bonchev–Trinajstić information content (AvgIpc) is 2.74. The van der Waals surface area contributed by atoms with E-state index in [1.807, 2.05) is 0 Å². The van der Waals surface area contributed by atoms with Crippen LogP contribution in [0.1, 0.15) is 105 Å². The van der Waals surface area contributed by atoms with Gasteiger partial charge in [-0.05, 0) is 38.5 Å². The molecule has 0 bridgehead atoms. The van der Waals surface area contributed by atoms with E-state index in [1.165, 1.54) is 66.2 Å². The summed E-state index contributed by atoms with van der Waals surface area (Å²) in [6.07, 6.45) is 14.4. The molecule has 0 aliphatic carbocycles. The molecule has 8 heteroatoms. The van der Waals surface area contributed by atoms with Gasteiger partial charge < -0.3 is 19.5 Å². The van der Waals surface area contributed by atoms with Crippen molar-refractivity contribution in [3.8, 4) is 0 Å². The van der Waals surface area contributed by atoms with Crippen molar-refractivity contribution in [3.63, 3.8) is 0 Å². The summed E-state index contributed by atoms with van der Waals surface area (Å²) in [6.45, 7) is 7.09. The van der Waals surface area contributed by atoms with Gasteiger partial charge in [-0.2, -0.15) is 0 Å². The molecule has 3 atom stereocenters. The molecular weight excluding hydrogens is 438 g/mol. The van der Waals surface area contributed by atoms with Crippen LogP contribution in [0.5, 0.6) is 0 Å². The lowest BCUT2D eigenvalue weighted by Gasteiger charge is -2.32. The minimum Gasteiger partial charge on any atom is -0.464 e. The zero-order chi connectivity index (χ0) is 25.8. The van der Waals surface area contributed by atoms with E-state index in [1.54, 1.807) is 0 Å². The molecule has 0 heterocycles. The summed E-state index contributed by atoms with van der Waals surface area (Å²) in [5.41, 5.74) is 0. The normalized spacial score (nSPS) is 13.7. The molecule has 0 aromatic rings. The third-order valence-electron chi connectivity index (χ3n) is 5.24. The zero-order valence-electron chi connectivity index (χ0n) is 21.7. The topological polar surface area (TPSA) is 108 Å². The highest BCUT2D eigenvalue weighted by molar-refractivity contribution is 5.73. The molecule has 0 aliphatic rings. The first-order valence-electron chi connectivity index (χ1n) is 12.6. The molecule has 0 aromatic heterocycles. The molecule has 1 amide bonds. The van der Waals surface area contributed by atoms with E-state index in [0.717, 1.165) is 25.7 Å². The van der Waals surface area contributed by atoms with Crippen molar-refractivity contribution >= 4 is 23.8 Å². The predicted molar refractivity (Wildman–Crippen MR) is 131 cm³/mol. The van der Waals surface area contributed by atoms with E-state index in [2.05, 4.69) is 24.4 Å². The van der Waals surface area contributed by atoms with Crippen LogP contribution in [0.15, 0.2) is 12.2 Å². The molecule has 0 aromatic carbocycles. The second-order valence-electron chi connectivity index (χ2n) is 8.64. The summed E-state index contributed by atoms with van der Waals surface area (Å²) in [6, 6.07) is -0.841. The SMILES string of the molecule is CCCCCCCC/C=C\CCCC[C@@H](OC(C)=O)[C@@H](OC(C)=O)[C@H](COC(C)=O)NC(C)=O. The highest BCUT2D eigenvalue weighted by atomic mass is 16.6. The fourth-order valence-electron chi connectivity index (χ4n) is 3.68. The van der Waals surface area contributed by atoms with Crippen LogP contribution in [-0.2, 0) is 33.4 Å². The number of amides is 1. The van der Waals surface area contributed by atoms with Crippen LogP contribution in [0.3, 0.4) is 0 Å². The van der Waals surface area contributed by atoms with Crippen molar-refractivity contribution in [3.05, 3.63) is 12.2 Å². The van der Waals surface area contributed by atoms with Crippen molar-refractivity contribution < 1.29 is 33.4 Å². The number of hydrogen-bond donors (Lipinski definition) is 1. The van der Waals surface area contributed by atoms with Gasteiger partial charge in [0.1, 0.15) is 18.8 Å². The van der Waals surface area contributed by atoms with E-state index in [9.17, 15) is 19.2 Å². The second kappa shape index (κ2) is 20.0. The van der Waals surface area contributed by atoms with Crippen molar-refractivity contribution in [2.24, 2.45) is 0 Å². The molecule has 0 rings (SSSR count). The van der Waals surface area contributed by atoms with Gasteiger partial charge in [0, 0.05) is 27.7 Å². The minimum absolute atomic E-state index is 0.203. The first-order chi connectivity index (χ1) is 16.2. The van der Waals surface area contributed by atoms with Gasteiger partial charge in [0.2, 0.25) is 5.91 Å². The fourth-order valence-corrected chi connectivity index (χ4v) is 3.68. The van der Waals surface area contributed by atoms with Crippen LogP contribution < -0.4 is 5.32 Å². The Kier molecular flexibility index (Phi) is 18.6. The maximum absolute atomic E-state index is 11.8. The lowest BCUT2D eigenvalue weighted by atomic mass is 9.99. The number of ether oxygens (including phenoxy) is 3. The second-order valence-corrected chi connectivity index (χ2v) is 8.64. The van der Waals surface area contributed by atoms with Gasteiger partial charge in [0.15, 0.2) is 6.10 Å². The maximum atomic E-state index is 11.8. The van der Waals surface area contributed by atoms with Crippen molar-refractivity contribution in [2.45, 2.75) is 123 Å². The van der Waals surface area contributed by atoms with Gasteiger partial charge in [-0.3, -0.25) is 19.2 Å². The molecule has 0 aliphatic heterocycles. The van der Waals surface area contributed by atoms with Crippen molar-refractivity contribution in [1.29, 1.82) is 0 Å². The lowest BCUT2D eigenvalue weighted by Crippen LogP contribution is -2.53. The molecular formula is C26H45NO7. The Hall–Kier alpha value is -2.38. The largest absolute Gasteiger partial charge is 0.464 e. The number of carbonyl (C=O) groups excluding carboxylic acids is 4. The van der Waals surface area contributed by atoms with Crippen LogP contribution >= 0.6 is 0 Å². The lowest BCUT2D eigenvalue weighted by molar-refractivity contribution is -0.171. The smallest absolute Gasteiger partial charge is 0.303 e. The molecule has 1 N–H and O–H groups in total. The molecule has 0 saturated heterocycles. The molecule has 34 heavy (non-hydrogen) atoms. The van der Waals surface area contributed by atoms with Gasteiger partial charge >= 0.3 is 17.9 Å². The van der Waals surface area contributed by atoms with Gasteiger partial charge in [-0.15, -0.1) is 0 Å². The van der Waals surface area contributed by atoms with Crippen LogP contribution in [-0.4, -0.2) is 48.7 Å². The molecule has 196 valence electrons. The van der Waals surface area contributed by atoms with Crippen LogP contribution in [0.2, 0.25) is 0 Å². The molecule has 0 fully saturated rings. The number of allylic oxidation sites excluding steroid dienone is 2. The number of esters is 3. The highest BCUT2D eigenvalue weighted by Crippen LogP contribution is 2.18. The van der Waals surface area contributed by atoms with E-state index in [4.69, 9.17) is 14.2 Å². The number of nitrogens with one attached hydrogen (secondary N) is 1. The highest BCUT2D eigenvalue weighted by Gasteiger charge is 2.35. The quantitative estimate of drug-likeness (QED) is 0.122. The Bertz CT molecular complexity index is 633. The summed E-state index contributed by atoms with van der Waals surface area (Å²) < 4.78 is 15.9. The van der Waals surface area contributed by atoms with Crippen molar-refractivity contribution in [1.82, 2.24) is 5.32 Å². The maximum Gasteiger partial charge on any atom is 0.303 e. The third kappa shape index (κ3) is 18.1. The number of hydrogen-bond acceptors (Lipinski definition) is 7. The van der Waals surface area contributed by atoms with Crippen LogP contribution in [0, 0.1) is 0 Å². The Morgan fingerprint density at radius 2 is 1.29 bits per heavy atom. The van der Waals surface area contributed by atoms with E-state index in [0.29, 0.717) is 6.42 Å². The van der Waals surface area contributed by atoms with Gasteiger partial charge in [0.05, 0.1) is 0 Å².